The van der Waals surface area contributed by atoms with Crippen LogP contribution in [0.1, 0.15) is 38.7 Å². The Morgan fingerprint density at radius 1 is 1.19 bits per heavy atom. The molecule has 0 spiro atoms. The van der Waals surface area contributed by atoms with Crippen molar-refractivity contribution in [3.05, 3.63) is 35.9 Å². The van der Waals surface area contributed by atoms with Crippen LogP contribution in [-0.2, 0) is 15.1 Å². The van der Waals surface area contributed by atoms with Gasteiger partial charge in [-0.05, 0) is 18.4 Å². The Bertz CT molecular complexity index is 504. The Balaban J connectivity index is 2.15. The number of hydrogen-bond donors (Lipinski definition) is 1. The molecule has 1 atom stereocenters. The second-order valence-corrected chi connectivity index (χ2v) is 5.18. The van der Waals surface area contributed by atoms with Crippen molar-refractivity contribution in [3.63, 3.8) is 0 Å². The van der Waals surface area contributed by atoms with E-state index in [1.54, 1.807) is 0 Å². The normalized spacial score (nSPS) is 21.7. The molecule has 1 aromatic carbocycles. The second-order valence-electron chi connectivity index (χ2n) is 5.18. The number of nitrogens with one attached hydrogen (secondary N) is 1. The minimum Gasteiger partial charge on any atom is -0.360 e. The topological polar surface area (TPSA) is 58.6 Å². The van der Waals surface area contributed by atoms with Crippen LogP contribution in [0.2, 0.25) is 0 Å². The van der Waals surface area contributed by atoms with Crippen molar-refractivity contribution in [2.24, 2.45) is 0 Å². The van der Waals surface area contributed by atoms with Gasteiger partial charge in [0.25, 0.3) is 5.91 Å². The number of amides is 3. The third-order valence-electron chi connectivity index (χ3n) is 3.84. The zero-order valence-corrected chi connectivity index (χ0v) is 12.6. The van der Waals surface area contributed by atoms with Gasteiger partial charge in [-0.1, -0.05) is 50.6 Å². The monoisotopic (exact) mass is 290 g/mol. The van der Waals surface area contributed by atoms with Crippen molar-refractivity contribution in [3.8, 4) is 0 Å². The van der Waals surface area contributed by atoms with E-state index in [2.05, 4.69) is 12.2 Å². The summed E-state index contributed by atoms with van der Waals surface area (Å²) < 4.78 is 5.42. The minimum atomic E-state index is -0.966. The molecule has 21 heavy (non-hydrogen) atoms. The van der Waals surface area contributed by atoms with Crippen LogP contribution in [0.5, 0.6) is 0 Å². The first kappa shape index (κ1) is 15.5. The van der Waals surface area contributed by atoms with Gasteiger partial charge < -0.3 is 10.1 Å². The molecular formula is C16H22N2O3. The lowest BCUT2D eigenvalue weighted by atomic mass is 9.87. The molecule has 5 nitrogen and oxygen atoms in total. The van der Waals surface area contributed by atoms with Crippen LogP contribution >= 0.6 is 0 Å². The van der Waals surface area contributed by atoms with Crippen molar-refractivity contribution in [2.75, 3.05) is 13.3 Å². The van der Waals surface area contributed by atoms with E-state index in [1.165, 1.54) is 0 Å². The quantitative estimate of drug-likeness (QED) is 0.620. The van der Waals surface area contributed by atoms with Crippen LogP contribution < -0.4 is 5.32 Å². The number of ether oxygens (including phenoxy) is 1. The minimum absolute atomic E-state index is 0.0131. The van der Waals surface area contributed by atoms with Crippen LogP contribution in [-0.4, -0.2) is 30.2 Å². The number of unbranched alkanes of at least 4 members (excludes halogenated alkanes) is 1. The van der Waals surface area contributed by atoms with E-state index in [0.29, 0.717) is 13.0 Å². The van der Waals surface area contributed by atoms with Gasteiger partial charge in [0.05, 0.1) is 0 Å². The van der Waals surface area contributed by atoms with Crippen LogP contribution in [0.3, 0.4) is 0 Å². The molecule has 0 aromatic heterocycles. The summed E-state index contributed by atoms with van der Waals surface area (Å²) >= 11 is 0. The van der Waals surface area contributed by atoms with Gasteiger partial charge in [0.2, 0.25) is 0 Å². The van der Waals surface area contributed by atoms with E-state index in [4.69, 9.17) is 4.74 Å². The first-order valence-electron chi connectivity index (χ1n) is 7.43. The van der Waals surface area contributed by atoms with Crippen molar-refractivity contribution in [2.45, 2.75) is 38.6 Å². The SMILES string of the molecule is CCCCOCN1C(=O)N[C@@](CC)(c2ccccc2)C1=O. The third-order valence-corrected chi connectivity index (χ3v) is 3.84. The van der Waals surface area contributed by atoms with Gasteiger partial charge in [0.15, 0.2) is 0 Å². The lowest BCUT2D eigenvalue weighted by molar-refractivity contribution is -0.135. The average Bonchev–Trinajstić information content (AvgIpc) is 2.77. The molecule has 0 saturated carbocycles. The predicted octanol–water partition coefficient (Wildman–Crippen LogP) is 2.62. The molecule has 0 bridgehead atoms. The fraction of sp³-hybridized carbons (Fsp3) is 0.500. The highest BCUT2D eigenvalue weighted by atomic mass is 16.5. The number of hydrogen-bond acceptors (Lipinski definition) is 3. The van der Waals surface area contributed by atoms with E-state index >= 15 is 0 Å². The van der Waals surface area contributed by atoms with Crippen molar-refractivity contribution >= 4 is 11.9 Å². The Kier molecular flexibility index (Phi) is 4.96. The number of carbonyl (C=O) groups is 2. The highest BCUT2D eigenvalue weighted by molar-refractivity contribution is 6.07. The van der Waals surface area contributed by atoms with Crippen LogP contribution in [0.4, 0.5) is 4.79 Å². The first-order valence-corrected chi connectivity index (χ1v) is 7.43. The number of rotatable bonds is 7. The van der Waals surface area contributed by atoms with Crippen LogP contribution in [0.25, 0.3) is 0 Å². The van der Waals surface area contributed by atoms with Gasteiger partial charge in [-0.2, -0.15) is 0 Å². The highest BCUT2D eigenvalue weighted by Crippen LogP contribution is 2.32. The van der Waals surface area contributed by atoms with Gasteiger partial charge in [-0.25, -0.2) is 9.69 Å². The van der Waals surface area contributed by atoms with Crippen molar-refractivity contribution in [1.29, 1.82) is 0 Å². The molecule has 3 amide bonds. The summed E-state index contributed by atoms with van der Waals surface area (Å²) in [5.74, 6) is -0.238. The number of urea groups is 1. The summed E-state index contributed by atoms with van der Waals surface area (Å²) in [7, 11) is 0. The molecule has 1 aromatic rings. The molecule has 1 fully saturated rings. The number of carbonyl (C=O) groups excluding carboxylic acids is 2. The second kappa shape index (κ2) is 6.72. The van der Waals surface area contributed by atoms with Crippen molar-refractivity contribution in [1.82, 2.24) is 10.2 Å². The molecule has 1 aliphatic heterocycles. The van der Waals surface area contributed by atoms with E-state index in [-0.39, 0.29) is 18.7 Å². The number of imide groups is 1. The summed E-state index contributed by atoms with van der Waals surface area (Å²) in [4.78, 5) is 26.0. The zero-order valence-electron chi connectivity index (χ0n) is 12.6. The first-order chi connectivity index (χ1) is 10.2. The van der Waals surface area contributed by atoms with Gasteiger partial charge in [0.1, 0.15) is 12.3 Å². The molecule has 1 saturated heterocycles. The lowest BCUT2D eigenvalue weighted by Gasteiger charge is -2.25. The Hall–Kier alpha value is -1.88. The third kappa shape index (κ3) is 2.93. The smallest absolute Gasteiger partial charge is 0.327 e. The average molecular weight is 290 g/mol. The summed E-state index contributed by atoms with van der Waals surface area (Å²) in [5.41, 5.74) is -0.158. The molecule has 1 heterocycles. The molecule has 114 valence electrons. The molecule has 0 unspecified atom stereocenters. The maximum atomic E-state index is 12.7. The predicted molar refractivity (Wildman–Crippen MR) is 79.5 cm³/mol. The molecule has 0 aliphatic carbocycles. The van der Waals surface area contributed by atoms with Gasteiger partial charge in [-0.15, -0.1) is 0 Å². The maximum Gasteiger partial charge on any atom is 0.327 e. The number of benzene rings is 1. The largest absolute Gasteiger partial charge is 0.360 e. The number of nitrogens with zero attached hydrogens (tertiary/aromatic N) is 1. The van der Waals surface area contributed by atoms with E-state index in [0.717, 1.165) is 23.3 Å². The molecule has 0 radical (unpaired) electrons. The summed E-state index contributed by atoms with van der Waals surface area (Å²) in [5, 5.41) is 2.83. The maximum absolute atomic E-state index is 12.7. The Morgan fingerprint density at radius 3 is 2.52 bits per heavy atom. The Labute approximate surface area is 125 Å². The van der Waals surface area contributed by atoms with E-state index in [9.17, 15) is 9.59 Å². The van der Waals surface area contributed by atoms with Gasteiger partial charge >= 0.3 is 6.03 Å². The molecular weight excluding hydrogens is 268 g/mol. The highest BCUT2D eigenvalue weighted by Gasteiger charge is 2.51. The standard InChI is InChI=1S/C16H22N2O3/c1-3-5-11-21-12-18-14(19)16(4-2,17-15(18)20)13-9-7-6-8-10-13/h6-10H,3-5,11-12H2,1-2H3,(H,17,20)/t16-/m0/s1. The van der Waals surface area contributed by atoms with Crippen LogP contribution in [0, 0.1) is 0 Å². The van der Waals surface area contributed by atoms with E-state index < -0.39 is 5.54 Å². The molecule has 5 heteroatoms. The summed E-state index contributed by atoms with van der Waals surface area (Å²) in [6.07, 6.45) is 2.44. The van der Waals surface area contributed by atoms with Crippen LogP contribution in [0.15, 0.2) is 30.3 Å². The summed E-state index contributed by atoms with van der Waals surface area (Å²) in [6, 6.07) is 8.97. The zero-order chi connectivity index (χ0) is 15.3. The van der Waals surface area contributed by atoms with Crippen molar-refractivity contribution < 1.29 is 14.3 Å². The van der Waals surface area contributed by atoms with Gasteiger partial charge in [-0.3, -0.25) is 4.79 Å². The van der Waals surface area contributed by atoms with E-state index in [1.807, 2.05) is 37.3 Å². The van der Waals surface area contributed by atoms with Gasteiger partial charge in [0, 0.05) is 6.61 Å². The lowest BCUT2D eigenvalue weighted by Crippen LogP contribution is -2.43. The molecule has 1 aliphatic rings. The Morgan fingerprint density at radius 2 is 1.90 bits per heavy atom. The fourth-order valence-corrected chi connectivity index (χ4v) is 2.51. The molecule has 1 N–H and O–H groups in total. The molecule has 2 rings (SSSR count). The summed E-state index contributed by atoms with van der Waals surface area (Å²) in [6.45, 7) is 4.53. The fourth-order valence-electron chi connectivity index (χ4n) is 2.51.